The molecule has 0 unspecified atom stereocenters. The number of hydrogen-bond acceptors (Lipinski definition) is 5. The van der Waals surface area contributed by atoms with E-state index < -0.39 is 23.4 Å². The zero-order valence-corrected chi connectivity index (χ0v) is 7.58. The van der Waals surface area contributed by atoms with E-state index >= 15 is 0 Å². The van der Waals surface area contributed by atoms with Gasteiger partial charge in [0.15, 0.2) is 12.0 Å². The highest BCUT2D eigenvalue weighted by atomic mass is 19.4. The largest absolute Gasteiger partial charge is 0.573 e. The van der Waals surface area contributed by atoms with Gasteiger partial charge in [-0.1, -0.05) is 0 Å². The van der Waals surface area contributed by atoms with E-state index in [2.05, 4.69) is 9.72 Å². The lowest BCUT2D eigenvalue weighted by Gasteiger charge is -2.11. The molecule has 16 heavy (non-hydrogen) atoms. The molecule has 0 radical (unpaired) electrons. The molecule has 1 aromatic rings. The van der Waals surface area contributed by atoms with Crippen molar-refractivity contribution in [3.8, 4) is 11.8 Å². The fourth-order valence-electron chi connectivity index (χ4n) is 0.963. The van der Waals surface area contributed by atoms with Crippen LogP contribution in [0, 0.1) is 11.3 Å². The van der Waals surface area contributed by atoms with Gasteiger partial charge in [0.1, 0.15) is 23.1 Å². The van der Waals surface area contributed by atoms with Crippen LogP contribution in [-0.4, -0.2) is 17.6 Å². The first kappa shape index (κ1) is 11.8. The number of hydrogen-bond donors (Lipinski definition) is 1. The van der Waals surface area contributed by atoms with Gasteiger partial charge in [-0.15, -0.1) is 13.2 Å². The molecule has 0 aromatic carbocycles. The van der Waals surface area contributed by atoms with Crippen molar-refractivity contribution >= 4 is 12.1 Å². The SMILES string of the molecule is N#Cc1c(OC(F)(F)F)cc(N)nc1C=O. The summed E-state index contributed by atoms with van der Waals surface area (Å²) in [5.74, 6) is -1.19. The Morgan fingerprint density at radius 1 is 1.56 bits per heavy atom. The summed E-state index contributed by atoms with van der Waals surface area (Å²) in [7, 11) is 0. The third kappa shape index (κ3) is 2.60. The predicted molar refractivity (Wildman–Crippen MR) is 45.4 cm³/mol. The monoisotopic (exact) mass is 231 g/mol. The summed E-state index contributed by atoms with van der Waals surface area (Å²) in [5, 5.41) is 8.58. The van der Waals surface area contributed by atoms with Crippen molar-refractivity contribution < 1.29 is 22.7 Å². The second-order valence-electron chi connectivity index (χ2n) is 2.58. The number of nitrogens with zero attached hydrogens (tertiary/aromatic N) is 2. The first-order valence-corrected chi connectivity index (χ1v) is 3.79. The Kier molecular flexibility index (Phi) is 2.99. The summed E-state index contributed by atoms with van der Waals surface area (Å²) >= 11 is 0. The van der Waals surface area contributed by atoms with Gasteiger partial charge in [-0.25, -0.2) is 4.98 Å². The minimum Gasteiger partial charge on any atom is -0.404 e. The smallest absolute Gasteiger partial charge is 0.404 e. The Labute approximate surface area is 87.3 Å². The maximum Gasteiger partial charge on any atom is 0.573 e. The van der Waals surface area contributed by atoms with Gasteiger partial charge >= 0.3 is 6.36 Å². The number of aldehydes is 1. The molecule has 1 rings (SSSR count). The number of rotatable bonds is 2. The van der Waals surface area contributed by atoms with E-state index in [1.807, 2.05) is 0 Å². The van der Waals surface area contributed by atoms with Crippen LogP contribution in [0.15, 0.2) is 6.07 Å². The lowest BCUT2D eigenvalue weighted by molar-refractivity contribution is -0.274. The van der Waals surface area contributed by atoms with E-state index in [1.54, 1.807) is 0 Å². The van der Waals surface area contributed by atoms with Gasteiger partial charge in [0.05, 0.1) is 0 Å². The quantitative estimate of drug-likeness (QED) is 0.773. The average molecular weight is 231 g/mol. The van der Waals surface area contributed by atoms with Crippen LogP contribution < -0.4 is 10.5 Å². The van der Waals surface area contributed by atoms with Gasteiger partial charge in [0, 0.05) is 6.07 Å². The first-order valence-electron chi connectivity index (χ1n) is 3.79. The second-order valence-corrected chi connectivity index (χ2v) is 2.58. The van der Waals surface area contributed by atoms with E-state index in [0.29, 0.717) is 0 Å². The van der Waals surface area contributed by atoms with Crippen molar-refractivity contribution in [2.45, 2.75) is 6.36 Å². The van der Waals surface area contributed by atoms with Crippen molar-refractivity contribution in [2.75, 3.05) is 5.73 Å². The molecular weight excluding hydrogens is 227 g/mol. The third-order valence-electron chi connectivity index (χ3n) is 1.48. The molecular formula is C8H4F3N3O2. The standard InChI is InChI=1S/C8H4F3N3O2/c9-8(10,11)16-6-1-7(13)14-5(3-15)4(6)2-12/h1,3H,(H2,13,14). The predicted octanol–water partition coefficient (Wildman–Crippen LogP) is 1.25. The number of pyridine rings is 1. The van der Waals surface area contributed by atoms with E-state index in [-0.39, 0.29) is 12.1 Å². The Balaban J connectivity index is 3.32. The molecule has 0 aliphatic heterocycles. The summed E-state index contributed by atoms with van der Waals surface area (Å²) in [6.45, 7) is 0. The lowest BCUT2D eigenvalue weighted by atomic mass is 10.2. The molecule has 5 nitrogen and oxygen atoms in total. The number of alkyl halides is 3. The lowest BCUT2D eigenvalue weighted by Crippen LogP contribution is -2.18. The van der Waals surface area contributed by atoms with Crippen LogP contribution in [0.2, 0.25) is 0 Å². The molecule has 0 aliphatic rings. The normalized spacial score (nSPS) is 10.6. The number of carbonyl (C=O) groups excluding carboxylic acids is 1. The number of nitriles is 1. The molecule has 8 heteroatoms. The van der Waals surface area contributed by atoms with Gasteiger partial charge in [-0.3, -0.25) is 4.79 Å². The van der Waals surface area contributed by atoms with E-state index in [4.69, 9.17) is 11.0 Å². The number of anilines is 1. The van der Waals surface area contributed by atoms with Gasteiger partial charge in [0.2, 0.25) is 0 Å². The molecule has 0 fully saturated rings. The van der Waals surface area contributed by atoms with E-state index in [9.17, 15) is 18.0 Å². The second kappa shape index (κ2) is 4.06. The highest BCUT2D eigenvalue weighted by molar-refractivity contribution is 5.79. The Bertz CT molecular complexity index is 465. The summed E-state index contributed by atoms with van der Waals surface area (Å²) < 4.78 is 39.4. The number of ether oxygens (including phenoxy) is 1. The molecule has 1 aromatic heterocycles. The van der Waals surface area contributed by atoms with Gasteiger partial charge in [-0.2, -0.15) is 5.26 Å². The van der Waals surface area contributed by atoms with Gasteiger partial charge < -0.3 is 10.5 Å². The molecule has 0 amide bonds. The number of nitrogens with two attached hydrogens (primary N) is 1. The van der Waals surface area contributed by atoms with E-state index in [0.717, 1.165) is 6.07 Å². The molecule has 0 saturated carbocycles. The highest BCUT2D eigenvalue weighted by Crippen LogP contribution is 2.28. The zero-order chi connectivity index (χ0) is 12.3. The molecule has 1 heterocycles. The molecule has 0 bridgehead atoms. The van der Waals surface area contributed by atoms with Crippen LogP contribution in [0.3, 0.4) is 0 Å². The van der Waals surface area contributed by atoms with Gasteiger partial charge in [-0.05, 0) is 0 Å². The van der Waals surface area contributed by atoms with Crippen LogP contribution in [-0.2, 0) is 0 Å². The van der Waals surface area contributed by atoms with Crippen molar-refractivity contribution in [1.82, 2.24) is 4.98 Å². The summed E-state index contributed by atoms with van der Waals surface area (Å²) in [6.07, 6.45) is -4.85. The Morgan fingerprint density at radius 2 is 2.19 bits per heavy atom. The molecule has 0 atom stereocenters. The van der Waals surface area contributed by atoms with Crippen molar-refractivity contribution in [2.24, 2.45) is 0 Å². The summed E-state index contributed by atoms with van der Waals surface area (Å²) in [4.78, 5) is 13.8. The summed E-state index contributed by atoms with van der Waals surface area (Å²) in [6, 6.07) is 2.11. The number of halogens is 3. The number of nitrogen functional groups attached to an aromatic ring is 1. The molecule has 0 saturated heterocycles. The van der Waals surface area contributed by atoms with Crippen molar-refractivity contribution in [3.05, 3.63) is 17.3 Å². The summed E-state index contributed by atoms with van der Waals surface area (Å²) in [5.41, 5.74) is 4.04. The maximum atomic E-state index is 11.9. The Morgan fingerprint density at radius 3 is 2.62 bits per heavy atom. The van der Waals surface area contributed by atoms with Crippen molar-refractivity contribution in [1.29, 1.82) is 5.26 Å². The van der Waals surface area contributed by atoms with E-state index in [1.165, 1.54) is 6.07 Å². The topological polar surface area (TPSA) is 89.0 Å². The highest BCUT2D eigenvalue weighted by Gasteiger charge is 2.33. The van der Waals surface area contributed by atoms with Crippen LogP contribution in [0.5, 0.6) is 5.75 Å². The average Bonchev–Trinajstić information content (AvgIpc) is 2.14. The maximum absolute atomic E-state index is 11.9. The minimum atomic E-state index is -4.97. The van der Waals surface area contributed by atoms with Crippen LogP contribution >= 0.6 is 0 Å². The van der Waals surface area contributed by atoms with Crippen LogP contribution in [0.25, 0.3) is 0 Å². The number of carbonyl (C=O) groups is 1. The van der Waals surface area contributed by atoms with Crippen LogP contribution in [0.1, 0.15) is 16.1 Å². The fraction of sp³-hybridized carbons (Fsp3) is 0.125. The number of aromatic nitrogens is 1. The van der Waals surface area contributed by atoms with Crippen molar-refractivity contribution in [3.63, 3.8) is 0 Å². The minimum absolute atomic E-state index is 0.123. The zero-order valence-electron chi connectivity index (χ0n) is 7.58. The first-order chi connectivity index (χ1) is 7.37. The molecule has 84 valence electrons. The van der Waals surface area contributed by atoms with Crippen LogP contribution in [0.4, 0.5) is 19.0 Å². The molecule has 2 N–H and O–H groups in total. The van der Waals surface area contributed by atoms with Gasteiger partial charge in [0.25, 0.3) is 0 Å². The Hall–Kier alpha value is -2.30. The molecule has 0 spiro atoms. The third-order valence-corrected chi connectivity index (χ3v) is 1.48. The molecule has 0 aliphatic carbocycles. The fourth-order valence-corrected chi connectivity index (χ4v) is 0.963.